The van der Waals surface area contributed by atoms with E-state index in [2.05, 4.69) is 10.4 Å². The summed E-state index contributed by atoms with van der Waals surface area (Å²) in [6, 6.07) is 16.5. The molecule has 164 valence electrons. The largest absolute Gasteiger partial charge is 0.497 e. The van der Waals surface area contributed by atoms with Crippen molar-refractivity contribution in [3.05, 3.63) is 54.6 Å². The molecule has 9 heteroatoms. The first-order valence-corrected chi connectivity index (χ1v) is 9.73. The van der Waals surface area contributed by atoms with Gasteiger partial charge in [-0.25, -0.2) is 9.48 Å². The van der Waals surface area contributed by atoms with Crippen LogP contribution in [0, 0.1) is 0 Å². The van der Waals surface area contributed by atoms with Crippen LogP contribution >= 0.6 is 0 Å². The van der Waals surface area contributed by atoms with E-state index >= 15 is 0 Å². The van der Waals surface area contributed by atoms with Crippen molar-refractivity contribution in [1.82, 2.24) is 15.1 Å². The number of nitrogens with one attached hydrogen (secondary N) is 1. The minimum atomic E-state index is -0.575. The van der Waals surface area contributed by atoms with Gasteiger partial charge >= 0.3 is 6.03 Å². The SMILES string of the molecule is COCCOc1cc(-c2ccc(OCCNC(N)=O)cc2)n(-c2ccc(OC)cc2)n1. The van der Waals surface area contributed by atoms with E-state index in [4.69, 9.17) is 24.7 Å². The number of nitrogens with zero attached hydrogens (tertiary/aromatic N) is 2. The molecule has 3 aromatic rings. The molecule has 0 atom stereocenters. The van der Waals surface area contributed by atoms with E-state index in [-0.39, 0.29) is 0 Å². The van der Waals surface area contributed by atoms with Crippen molar-refractivity contribution in [2.75, 3.05) is 40.6 Å². The number of nitrogens with two attached hydrogens (primary N) is 1. The van der Waals surface area contributed by atoms with Gasteiger partial charge in [0.05, 0.1) is 31.6 Å². The van der Waals surface area contributed by atoms with E-state index in [0.29, 0.717) is 38.0 Å². The summed E-state index contributed by atoms with van der Waals surface area (Å²) in [4.78, 5) is 10.7. The Morgan fingerprint density at radius 3 is 2.32 bits per heavy atom. The highest BCUT2D eigenvalue weighted by atomic mass is 16.5. The average Bonchev–Trinajstić information content (AvgIpc) is 3.21. The fraction of sp³-hybridized carbons (Fsp3) is 0.273. The van der Waals surface area contributed by atoms with Gasteiger partial charge in [-0.1, -0.05) is 0 Å². The number of carbonyl (C=O) groups excluding carboxylic acids is 1. The number of amides is 2. The molecular weight excluding hydrogens is 400 g/mol. The molecule has 0 spiro atoms. The van der Waals surface area contributed by atoms with Gasteiger partial charge < -0.3 is 30.0 Å². The molecule has 3 N–H and O–H groups in total. The minimum absolute atomic E-state index is 0.323. The molecule has 2 amide bonds. The molecule has 0 unspecified atom stereocenters. The smallest absolute Gasteiger partial charge is 0.312 e. The van der Waals surface area contributed by atoms with Gasteiger partial charge in [-0.2, -0.15) is 0 Å². The van der Waals surface area contributed by atoms with Crippen LogP contribution in [0.4, 0.5) is 4.79 Å². The molecule has 0 saturated carbocycles. The monoisotopic (exact) mass is 426 g/mol. The number of primary amides is 1. The Kier molecular flexibility index (Phi) is 7.72. The maximum Gasteiger partial charge on any atom is 0.312 e. The van der Waals surface area contributed by atoms with E-state index in [1.165, 1.54) is 0 Å². The number of ether oxygens (including phenoxy) is 4. The maximum absolute atomic E-state index is 10.7. The fourth-order valence-electron chi connectivity index (χ4n) is 2.85. The van der Waals surface area contributed by atoms with Gasteiger partial charge in [0.25, 0.3) is 0 Å². The number of rotatable bonds is 11. The van der Waals surface area contributed by atoms with Gasteiger partial charge in [0.1, 0.15) is 24.7 Å². The second-order valence-corrected chi connectivity index (χ2v) is 6.48. The molecule has 0 aliphatic heterocycles. The van der Waals surface area contributed by atoms with Crippen LogP contribution in [-0.4, -0.2) is 56.4 Å². The predicted molar refractivity (Wildman–Crippen MR) is 116 cm³/mol. The zero-order valence-corrected chi connectivity index (χ0v) is 17.5. The lowest BCUT2D eigenvalue weighted by molar-refractivity contribution is 0.143. The van der Waals surface area contributed by atoms with Crippen LogP contribution < -0.4 is 25.3 Å². The number of hydrogen-bond acceptors (Lipinski definition) is 6. The van der Waals surface area contributed by atoms with Gasteiger partial charge in [-0.05, 0) is 48.5 Å². The van der Waals surface area contributed by atoms with Gasteiger partial charge in [-0.3, -0.25) is 0 Å². The van der Waals surface area contributed by atoms with Crippen LogP contribution in [0.15, 0.2) is 54.6 Å². The van der Waals surface area contributed by atoms with Crippen LogP contribution in [0.3, 0.4) is 0 Å². The molecule has 0 saturated heterocycles. The van der Waals surface area contributed by atoms with Crippen LogP contribution in [0.5, 0.6) is 17.4 Å². The Hall–Kier alpha value is -3.72. The summed E-state index contributed by atoms with van der Waals surface area (Å²) >= 11 is 0. The lowest BCUT2D eigenvalue weighted by Gasteiger charge is -2.10. The molecule has 1 aromatic heterocycles. The highest BCUT2D eigenvalue weighted by molar-refractivity contribution is 5.71. The molecule has 1 heterocycles. The van der Waals surface area contributed by atoms with E-state index < -0.39 is 6.03 Å². The number of benzene rings is 2. The summed E-state index contributed by atoms with van der Waals surface area (Å²) in [7, 11) is 3.25. The quantitative estimate of drug-likeness (QED) is 0.456. The van der Waals surface area contributed by atoms with E-state index in [0.717, 1.165) is 22.7 Å². The third-order valence-electron chi connectivity index (χ3n) is 4.36. The Balaban J connectivity index is 1.81. The minimum Gasteiger partial charge on any atom is -0.497 e. The molecular formula is C22H26N4O5. The molecule has 0 fully saturated rings. The normalized spacial score (nSPS) is 10.5. The molecule has 0 bridgehead atoms. The van der Waals surface area contributed by atoms with Crippen molar-refractivity contribution in [1.29, 1.82) is 0 Å². The highest BCUT2D eigenvalue weighted by Crippen LogP contribution is 2.29. The Morgan fingerprint density at radius 1 is 0.968 bits per heavy atom. The van der Waals surface area contributed by atoms with E-state index in [1.807, 2.05) is 59.3 Å². The molecule has 3 rings (SSSR count). The Morgan fingerprint density at radius 2 is 1.68 bits per heavy atom. The van der Waals surface area contributed by atoms with E-state index in [9.17, 15) is 4.79 Å². The number of carbonyl (C=O) groups is 1. The summed E-state index contributed by atoms with van der Waals surface area (Å²) in [6.45, 7) is 1.54. The summed E-state index contributed by atoms with van der Waals surface area (Å²) in [5, 5.41) is 7.08. The zero-order valence-electron chi connectivity index (χ0n) is 17.5. The second kappa shape index (κ2) is 10.9. The molecule has 0 aliphatic carbocycles. The molecule has 31 heavy (non-hydrogen) atoms. The van der Waals surface area contributed by atoms with Crippen molar-refractivity contribution >= 4 is 6.03 Å². The maximum atomic E-state index is 10.7. The average molecular weight is 426 g/mol. The lowest BCUT2D eigenvalue weighted by Crippen LogP contribution is -2.32. The first-order valence-electron chi connectivity index (χ1n) is 9.73. The number of urea groups is 1. The predicted octanol–water partition coefficient (Wildman–Crippen LogP) is 2.62. The highest BCUT2D eigenvalue weighted by Gasteiger charge is 2.13. The van der Waals surface area contributed by atoms with Crippen molar-refractivity contribution in [3.63, 3.8) is 0 Å². The van der Waals surface area contributed by atoms with Crippen LogP contribution in [-0.2, 0) is 4.74 Å². The molecule has 0 aliphatic rings. The molecule has 9 nitrogen and oxygen atoms in total. The Bertz CT molecular complexity index is 971. The first kappa shape index (κ1) is 22.0. The van der Waals surface area contributed by atoms with Crippen LogP contribution in [0.2, 0.25) is 0 Å². The third-order valence-corrected chi connectivity index (χ3v) is 4.36. The number of methoxy groups -OCH3 is 2. The summed E-state index contributed by atoms with van der Waals surface area (Å²) in [5.41, 5.74) is 7.71. The topological polar surface area (TPSA) is 110 Å². The van der Waals surface area contributed by atoms with Crippen molar-refractivity contribution < 1.29 is 23.7 Å². The Labute approximate surface area is 180 Å². The van der Waals surface area contributed by atoms with Crippen LogP contribution in [0.25, 0.3) is 16.9 Å². The fourth-order valence-corrected chi connectivity index (χ4v) is 2.85. The van der Waals surface area contributed by atoms with E-state index in [1.54, 1.807) is 14.2 Å². The van der Waals surface area contributed by atoms with Crippen molar-refractivity contribution in [2.45, 2.75) is 0 Å². The van der Waals surface area contributed by atoms with Crippen molar-refractivity contribution in [3.8, 4) is 34.3 Å². The van der Waals surface area contributed by atoms with Crippen LogP contribution in [0.1, 0.15) is 0 Å². The summed E-state index contributed by atoms with van der Waals surface area (Å²) in [6.07, 6.45) is 0. The summed E-state index contributed by atoms with van der Waals surface area (Å²) < 4.78 is 23.4. The number of hydrogen-bond donors (Lipinski definition) is 2. The number of aromatic nitrogens is 2. The second-order valence-electron chi connectivity index (χ2n) is 6.48. The first-order chi connectivity index (χ1) is 15.1. The lowest BCUT2D eigenvalue weighted by atomic mass is 10.1. The summed E-state index contributed by atoms with van der Waals surface area (Å²) in [5.74, 6) is 1.95. The molecule has 0 radical (unpaired) electrons. The standard InChI is InChI=1S/C22H26N4O5/c1-28-13-14-31-21-15-20(26(25-21)17-5-9-18(29-2)10-6-17)16-3-7-19(8-4-16)30-12-11-24-22(23)27/h3-10,15H,11-14H2,1-2H3,(H3,23,24,27). The van der Waals surface area contributed by atoms with Gasteiger partial charge in [0.2, 0.25) is 5.88 Å². The van der Waals surface area contributed by atoms with Crippen molar-refractivity contribution in [2.24, 2.45) is 5.73 Å². The van der Waals surface area contributed by atoms with Gasteiger partial charge in [0.15, 0.2) is 0 Å². The molecule has 2 aromatic carbocycles. The third kappa shape index (κ3) is 6.13. The van der Waals surface area contributed by atoms with Gasteiger partial charge in [-0.15, -0.1) is 5.10 Å². The zero-order chi connectivity index (χ0) is 22.1. The van der Waals surface area contributed by atoms with Gasteiger partial charge in [0, 0.05) is 18.7 Å².